The van der Waals surface area contributed by atoms with E-state index in [-0.39, 0.29) is 11.3 Å². The summed E-state index contributed by atoms with van der Waals surface area (Å²) >= 11 is 0.952. The number of halogens is 1. The van der Waals surface area contributed by atoms with Crippen molar-refractivity contribution in [2.75, 3.05) is 5.32 Å². The lowest BCUT2D eigenvalue weighted by atomic mass is 10.1. The first-order valence-electron chi connectivity index (χ1n) is 5.78. The topological polar surface area (TPSA) is 92.2 Å². The Balaban J connectivity index is 2.15. The van der Waals surface area contributed by atoms with E-state index < -0.39 is 17.7 Å². The molecule has 0 spiro atoms. The smallest absolute Gasteiger partial charge is 0.328 e. The lowest BCUT2D eigenvalue weighted by Gasteiger charge is -2.05. The lowest BCUT2D eigenvalue weighted by molar-refractivity contribution is -0.131. The van der Waals surface area contributed by atoms with Gasteiger partial charge in [0.1, 0.15) is 10.7 Å². The molecule has 21 heavy (non-hydrogen) atoms. The number of anilines is 1. The predicted molar refractivity (Wildman–Crippen MR) is 75.7 cm³/mol. The summed E-state index contributed by atoms with van der Waals surface area (Å²) < 4.78 is 17.4. The number of carbonyl (C=O) groups excluding carboxylic acids is 1. The lowest BCUT2D eigenvalue weighted by Crippen LogP contribution is -2.11. The first kappa shape index (κ1) is 14.8. The molecule has 2 aromatic rings. The standard InChI is InChI=1S/C13H10FN3O3S/c1-7-12(21-17-16-7)13(20)15-9-4-2-8(10(14)6-9)3-5-11(18)19/h2-6H,1H3,(H,15,20)(H,18,19). The Morgan fingerprint density at radius 2 is 2.19 bits per heavy atom. The summed E-state index contributed by atoms with van der Waals surface area (Å²) in [6.07, 6.45) is 1.98. The van der Waals surface area contributed by atoms with Gasteiger partial charge in [0.15, 0.2) is 0 Å². The number of nitrogens with zero attached hydrogens (tertiary/aromatic N) is 2. The van der Waals surface area contributed by atoms with Gasteiger partial charge in [-0.3, -0.25) is 4.79 Å². The summed E-state index contributed by atoms with van der Waals surface area (Å²) in [4.78, 5) is 22.6. The van der Waals surface area contributed by atoms with E-state index >= 15 is 0 Å². The summed E-state index contributed by atoms with van der Waals surface area (Å²) in [7, 11) is 0. The summed E-state index contributed by atoms with van der Waals surface area (Å²) in [6.45, 7) is 1.65. The van der Waals surface area contributed by atoms with Crippen LogP contribution in [0.5, 0.6) is 0 Å². The molecule has 1 aromatic carbocycles. The van der Waals surface area contributed by atoms with Crippen LogP contribution in [0.25, 0.3) is 6.08 Å². The molecule has 1 heterocycles. The molecule has 0 aliphatic carbocycles. The Bertz CT molecular complexity index is 727. The first-order chi connectivity index (χ1) is 9.97. The third-order valence-electron chi connectivity index (χ3n) is 2.52. The van der Waals surface area contributed by atoms with Gasteiger partial charge < -0.3 is 10.4 Å². The van der Waals surface area contributed by atoms with Gasteiger partial charge in [0.25, 0.3) is 5.91 Å². The van der Waals surface area contributed by atoms with Crippen LogP contribution in [0, 0.1) is 12.7 Å². The molecule has 2 N–H and O–H groups in total. The molecule has 0 atom stereocenters. The monoisotopic (exact) mass is 307 g/mol. The van der Waals surface area contributed by atoms with Crippen LogP contribution in [-0.2, 0) is 4.79 Å². The molecule has 1 amide bonds. The molecule has 0 saturated carbocycles. The van der Waals surface area contributed by atoms with Gasteiger partial charge in [-0.2, -0.15) is 0 Å². The van der Waals surface area contributed by atoms with Crippen LogP contribution in [0.3, 0.4) is 0 Å². The van der Waals surface area contributed by atoms with Crippen molar-refractivity contribution in [2.24, 2.45) is 0 Å². The van der Waals surface area contributed by atoms with E-state index in [0.717, 1.165) is 29.8 Å². The highest BCUT2D eigenvalue weighted by atomic mass is 32.1. The highest BCUT2D eigenvalue weighted by molar-refractivity contribution is 7.08. The third kappa shape index (κ3) is 3.69. The van der Waals surface area contributed by atoms with Gasteiger partial charge in [-0.15, -0.1) is 5.10 Å². The van der Waals surface area contributed by atoms with E-state index in [1.165, 1.54) is 12.1 Å². The molecule has 0 unspecified atom stereocenters. The number of aliphatic carboxylic acids is 1. The number of carboxylic acid groups (broad SMARTS) is 1. The number of carboxylic acids is 1. The number of nitrogens with one attached hydrogen (secondary N) is 1. The van der Waals surface area contributed by atoms with Crippen LogP contribution in [-0.4, -0.2) is 26.6 Å². The predicted octanol–water partition coefficient (Wildman–Crippen LogP) is 2.34. The van der Waals surface area contributed by atoms with Gasteiger partial charge in [-0.1, -0.05) is 4.49 Å². The number of rotatable bonds is 4. The number of carbonyl (C=O) groups is 2. The Kier molecular flexibility index (Phi) is 4.39. The highest BCUT2D eigenvalue weighted by Gasteiger charge is 2.13. The van der Waals surface area contributed by atoms with Crippen LogP contribution in [0.4, 0.5) is 10.1 Å². The van der Waals surface area contributed by atoms with Gasteiger partial charge in [0, 0.05) is 17.3 Å². The molecule has 0 aliphatic rings. The summed E-state index contributed by atoms with van der Waals surface area (Å²) in [5, 5.41) is 14.7. The number of hydrogen-bond donors (Lipinski definition) is 2. The highest BCUT2D eigenvalue weighted by Crippen LogP contribution is 2.18. The molecule has 108 valence electrons. The molecule has 8 heteroatoms. The molecular formula is C13H10FN3O3S. The van der Waals surface area contributed by atoms with Crippen LogP contribution in [0.15, 0.2) is 24.3 Å². The average Bonchev–Trinajstić information content (AvgIpc) is 2.84. The minimum Gasteiger partial charge on any atom is -0.478 e. The summed E-state index contributed by atoms with van der Waals surface area (Å²) in [6, 6.07) is 3.97. The molecule has 0 fully saturated rings. The minimum atomic E-state index is -1.17. The van der Waals surface area contributed by atoms with E-state index in [1.807, 2.05) is 0 Å². The zero-order chi connectivity index (χ0) is 15.4. The number of aryl methyl sites for hydroxylation is 1. The van der Waals surface area contributed by atoms with Gasteiger partial charge in [0.05, 0.1) is 5.69 Å². The van der Waals surface area contributed by atoms with Crippen LogP contribution >= 0.6 is 11.5 Å². The number of benzene rings is 1. The first-order valence-corrected chi connectivity index (χ1v) is 6.55. The summed E-state index contributed by atoms with van der Waals surface area (Å²) in [5.74, 6) is -2.22. The molecule has 0 radical (unpaired) electrons. The second kappa shape index (κ2) is 6.23. The second-order valence-corrected chi connectivity index (χ2v) is 4.80. The van der Waals surface area contributed by atoms with Crippen molar-refractivity contribution in [3.8, 4) is 0 Å². The van der Waals surface area contributed by atoms with Crippen molar-refractivity contribution < 1.29 is 19.1 Å². The molecule has 0 saturated heterocycles. The Morgan fingerprint density at radius 1 is 1.43 bits per heavy atom. The fourth-order valence-electron chi connectivity index (χ4n) is 1.53. The second-order valence-electron chi connectivity index (χ2n) is 4.05. The average molecular weight is 307 g/mol. The van der Waals surface area contributed by atoms with Crippen molar-refractivity contribution in [1.29, 1.82) is 0 Å². The largest absolute Gasteiger partial charge is 0.478 e. The van der Waals surface area contributed by atoms with Crippen LogP contribution < -0.4 is 5.32 Å². The third-order valence-corrected chi connectivity index (χ3v) is 3.35. The van der Waals surface area contributed by atoms with E-state index in [9.17, 15) is 14.0 Å². The van der Waals surface area contributed by atoms with Gasteiger partial charge in [-0.05, 0) is 42.7 Å². The fourth-order valence-corrected chi connectivity index (χ4v) is 2.08. The maximum atomic E-state index is 13.8. The Morgan fingerprint density at radius 3 is 2.76 bits per heavy atom. The van der Waals surface area contributed by atoms with Crippen LogP contribution in [0.2, 0.25) is 0 Å². The molecule has 1 aromatic heterocycles. The molecule has 0 bridgehead atoms. The molecular weight excluding hydrogens is 297 g/mol. The zero-order valence-corrected chi connectivity index (χ0v) is 11.6. The van der Waals surface area contributed by atoms with Crippen molar-refractivity contribution >= 4 is 35.2 Å². The zero-order valence-electron chi connectivity index (χ0n) is 10.8. The van der Waals surface area contributed by atoms with E-state index in [2.05, 4.69) is 14.9 Å². The normalized spacial score (nSPS) is 10.8. The maximum absolute atomic E-state index is 13.8. The van der Waals surface area contributed by atoms with Gasteiger partial charge in [0.2, 0.25) is 0 Å². The molecule has 6 nitrogen and oxygen atoms in total. The van der Waals surface area contributed by atoms with Crippen molar-refractivity contribution in [3.63, 3.8) is 0 Å². The fraction of sp³-hybridized carbons (Fsp3) is 0.0769. The summed E-state index contributed by atoms with van der Waals surface area (Å²) in [5.41, 5.74) is 0.878. The van der Waals surface area contributed by atoms with Crippen molar-refractivity contribution in [1.82, 2.24) is 9.59 Å². The van der Waals surface area contributed by atoms with Crippen LogP contribution in [0.1, 0.15) is 20.9 Å². The maximum Gasteiger partial charge on any atom is 0.328 e. The molecule has 2 rings (SSSR count). The van der Waals surface area contributed by atoms with Crippen molar-refractivity contribution in [3.05, 3.63) is 46.2 Å². The number of hydrogen-bond acceptors (Lipinski definition) is 5. The molecule has 0 aliphatic heterocycles. The Labute approximate surface area is 123 Å². The van der Waals surface area contributed by atoms with E-state index in [1.54, 1.807) is 6.92 Å². The minimum absolute atomic E-state index is 0.117. The quantitative estimate of drug-likeness (QED) is 0.846. The number of aromatic nitrogens is 2. The Hall–Kier alpha value is -2.61. The van der Waals surface area contributed by atoms with E-state index in [4.69, 9.17) is 5.11 Å². The van der Waals surface area contributed by atoms with E-state index in [0.29, 0.717) is 10.6 Å². The van der Waals surface area contributed by atoms with Gasteiger partial charge >= 0.3 is 5.97 Å². The van der Waals surface area contributed by atoms with Gasteiger partial charge in [-0.25, -0.2) is 9.18 Å². The number of amides is 1. The SMILES string of the molecule is Cc1nnsc1C(=O)Nc1ccc(C=CC(=O)O)c(F)c1. The van der Waals surface area contributed by atoms with Crippen molar-refractivity contribution in [2.45, 2.75) is 6.92 Å².